The monoisotopic (exact) mass is 428 g/mol. The predicted octanol–water partition coefficient (Wildman–Crippen LogP) is 3.23. The Morgan fingerprint density at radius 1 is 1.22 bits per heavy atom. The fourth-order valence-corrected chi connectivity index (χ4v) is 3.09. The van der Waals surface area contributed by atoms with Crippen molar-refractivity contribution in [2.75, 3.05) is 6.26 Å². The van der Waals surface area contributed by atoms with Crippen molar-refractivity contribution in [2.24, 2.45) is 0 Å². The van der Waals surface area contributed by atoms with Gasteiger partial charge in [-0.1, -0.05) is 11.6 Å². The number of aromatic nitrogens is 2. The molecular weight excluding hydrogens is 416 g/mol. The van der Waals surface area contributed by atoms with Crippen molar-refractivity contribution in [1.29, 1.82) is 0 Å². The molecule has 0 saturated carbocycles. The lowest BCUT2D eigenvalue weighted by Crippen LogP contribution is -2.29. The van der Waals surface area contributed by atoms with E-state index in [0.717, 1.165) is 12.1 Å². The number of nitrogens with zero attached hydrogens (tertiary/aromatic N) is 2. The highest BCUT2D eigenvalue weighted by molar-refractivity contribution is 7.90. The number of ether oxygens (including phenoxy) is 1. The molecule has 6 nitrogen and oxygen atoms in total. The minimum atomic E-state index is -5.07. The first kappa shape index (κ1) is 21.2. The molecular formula is C15H13ClF4N2O4S. The van der Waals surface area contributed by atoms with Gasteiger partial charge in [0.05, 0.1) is 16.8 Å². The number of benzene rings is 1. The summed E-state index contributed by atoms with van der Waals surface area (Å²) >= 11 is 5.85. The zero-order valence-corrected chi connectivity index (χ0v) is 15.7. The maximum absolute atomic E-state index is 14.4. The number of hydrogen-bond donors (Lipinski definition) is 0. The van der Waals surface area contributed by atoms with Crippen LogP contribution in [0.25, 0.3) is 5.69 Å². The average Bonchev–Trinajstić information content (AvgIpc) is 2.47. The molecule has 0 unspecified atom stereocenters. The van der Waals surface area contributed by atoms with Crippen molar-refractivity contribution in [2.45, 2.75) is 31.3 Å². The molecule has 0 aliphatic carbocycles. The second kappa shape index (κ2) is 7.12. The van der Waals surface area contributed by atoms with Gasteiger partial charge < -0.3 is 4.74 Å². The lowest BCUT2D eigenvalue weighted by atomic mass is 10.2. The Kier molecular flexibility index (Phi) is 5.58. The summed E-state index contributed by atoms with van der Waals surface area (Å²) in [6, 6.07) is 1.75. The van der Waals surface area contributed by atoms with E-state index in [1.165, 1.54) is 0 Å². The SMILES string of the molecule is CC(C)Oc1cc(-n2c(S(C)(=O)=O)nc(C(F)(F)F)cc2=O)c(F)cc1Cl. The van der Waals surface area contributed by atoms with Crippen LogP contribution in [-0.2, 0) is 16.0 Å². The first-order chi connectivity index (χ1) is 12.2. The lowest BCUT2D eigenvalue weighted by Gasteiger charge is -2.17. The number of alkyl halides is 3. The first-order valence-electron chi connectivity index (χ1n) is 7.29. The molecule has 0 fully saturated rings. The van der Waals surface area contributed by atoms with Crippen LogP contribution >= 0.6 is 11.6 Å². The van der Waals surface area contributed by atoms with Crippen LogP contribution in [0.5, 0.6) is 5.75 Å². The minimum Gasteiger partial charge on any atom is -0.489 e. The standard InChI is InChI=1S/C15H13ClF4N2O4S/c1-7(2)26-11-5-10(9(17)4-8(11)16)22-13(23)6-12(15(18,19)20)21-14(22)27(3,24)25/h4-7H,1-3H3. The molecule has 1 aromatic carbocycles. The van der Waals surface area contributed by atoms with E-state index >= 15 is 0 Å². The van der Waals surface area contributed by atoms with Gasteiger partial charge in [0.1, 0.15) is 11.6 Å². The summed E-state index contributed by atoms with van der Waals surface area (Å²) in [7, 11) is -4.44. The van der Waals surface area contributed by atoms with E-state index < -0.39 is 50.0 Å². The van der Waals surface area contributed by atoms with Gasteiger partial charge in [-0.15, -0.1) is 0 Å². The van der Waals surface area contributed by atoms with Crippen LogP contribution in [0.2, 0.25) is 5.02 Å². The third-order valence-electron chi connectivity index (χ3n) is 3.11. The van der Waals surface area contributed by atoms with Crippen molar-refractivity contribution < 1.29 is 30.7 Å². The number of halogens is 5. The van der Waals surface area contributed by atoms with Crippen LogP contribution in [0.15, 0.2) is 28.2 Å². The van der Waals surface area contributed by atoms with Crippen molar-refractivity contribution in [3.63, 3.8) is 0 Å². The smallest absolute Gasteiger partial charge is 0.433 e. The minimum absolute atomic E-state index is 0.0751. The quantitative estimate of drug-likeness (QED) is 0.552. The molecule has 1 aromatic heterocycles. The zero-order chi connectivity index (χ0) is 20.7. The molecule has 2 rings (SSSR count). The Morgan fingerprint density at radius 3 is 2.30 bits per heavy atom. The van der Waals surface area contributed by atoms with E-state index in [-0.39, 0.29) is 21.4 Å². The van der Waals surface area contributed by atoms with E-state index in [1.807, 2.05) is 0 Å². The molecule has 27 heavy (non-hydrogen) atoms. The molecule has 0 aliphatic heterocycles. The van der Waals surface area contributed by atoms with Gasteiger partial charge in [-0.05, 0) is 19.9 Å². The molecule has 0 saturated heterocycles. The summed E-state index contributed by atoms with van der Waals surface area (Å²) < 4.78 is 82.5. The Hall–Kier alpha value is -2.14. The normalized spacial score (nSPS) is 12.5. The fourth-order valence-electron chi connectivity index (χ4n) is 2.11. The Morgan fingerprint density at radius 2 is 1.81 bits per heavy atom. The molecule has 148 valence electrons. The summed E-state index contributed by atoms with van der Waals surface area (Å²) in [5, 5.41) is -1.43. The second-order valence-corrected chi connectivity index (χ2v) is 8.08. The summed E-state index contributed by atoms with van der Waals surface area (Å²) in [6.07, 6.45) is -4.93. The highest BCUT2D eigenvalue weighted by Crippen LogP contribution is 2.32. The number of sulfone groups is 1. The van der Waals surface area contributed by atoms with Crippen LogP contribution in [0.3, 0.4) is 0 Å². The molecule has 0 bridgehead atoms. The fraction of sp³-hybridized carbons (Fsp3) is 0.333. The molecule has 12 heteroatoms. The summed E-state index contributed by atoms with van der Waals surface area (Å²) in [4.78, 5) is 15.3. The van der Waals surface area contributed by atoms with Crippen molar-refractivity contribution in [1.82, 2.24) is 9.55 Å². The highest BCUT2D eigenvalue weighted by atomic mass is 35.5. The molecule has 0 aliphatic rings. The van der Waals surface area contributed by atoms with Crippen LogP contribution in [0.4, 0.5) is 17.6 Å². The van der Waals surface area contributed by atoms with E-state index in [2.05, 4.69) is 4.98 Å². The molecule has 0 N–H and O–H groups in total. The van der Waals surface area contributed by atoms with Gasteiger partial charge in [-0.3, -0.25) is 4.79 Å². The zero-order valence-electron chi connectivity index (χ0n) is 14.1. The van der Waals surface area contributed by atoms with Crippen LogP contribution in [0.1, 0.15) is 19.5 Å². The summed E-state index contributed by atoms with van der Waals surface area (Å²) in [5.41, 5.74) is -3.81. The highest BCUT2D eigenvalue weighted by Gasteiger charge is 2.36. The Bertz CT molecular complexity index is 1050. The van der Waals surface area contributed by atoms with Gasteiger partial charge in [0.15, 0.2) is 5.69 Å². The van der Waals surface area contributed by atoms with Gasteiger partial charge in [0.25, 0.3) is 5.56 Å². The number of rotatable bonds is 4. The van der Waals surface area contributed by atoms with Crippen molar-refractivity contribution >= 4 is 21.4 Å². The predicted molar refractivity (Wildman–Crippen MR) is 88.7 cm³/mol. The van der Waals surface area contributed by atoms with Crippen molar-refractivity contribution in [3.8, 4) is 11.4 Å². The van der Waals surface area contributed by atoms with Gasteiger partial charge in [0, 0.05) is 18.4 Å². The van der Waals surface area contributed by atoms with Crippen molar-refractivity contribution in [3.05, 3.63) is 45.1 Å². The maximum Gasteiger partial charge on any atom is 0.433 e. The molecule has 0 atom stereocenters. The molecule has 0 amide bonds. The van der Waals surface area contributed by atoms with E-state index in [4.69, 9.17) is 16.3 Å². The van der Waals surface area contributed by atoms with Crippen LogP contribution < -0.4 is 10.3 Å². The van der Waals surface area contributed by atoms with Crippen LogP contribution in [0, 0.1) is 5.82 Å². The molecule has 1 heterocycles. The third-order valence-corrected chi connectivity index (χ3v) is 4.35. The first-order valence-corrected chi connectivity index (χ1v) is 9.56. The Labute approximate surface area is 156 Å². The van der Waals surface area contributed by atoms with Gasteiger partial charge in [-0.25, -0.2) is 22.4 Å². The average molecular weight is 429 g/mol. The number of hydrogen-bond acceptors (Lipinski definition) is 5. The summed E-state index contributed by atoms with van der Waals surface area (Å²) in [5.74, 6) is -1.24. The van der Waals surface area contributed by atoms with E-state index in [9.17, 15) is 30.8 Å². The lowest BCUT2D eigenvalue weighted by molar-refractivity contribution is -0.141. The molecule has 0 spiro atoms. The molecule has 2 aromatic rings. The van der Waals surface area contributed by atoms with Gasteiger partial charge in [0.2, 0.25) is 15.0 Å². The third kappa shape index (κ3) is 4.59. The topological polar surface area (TPSA) is 78.3 Å². The van der Waals surface area contributed by atoms with Crippen LogP contribution in [-0.4, -0.2) is 30.3 Å². The largest absolute Gasteiger partial charge is 0.489 e. The van der Waals surface area contributed by atoms with E-state index in [1.54, 1.807) is 13.8 Å². The maximum atomic E-state index is 14.4. The van der Waals surface area contributed by atoms with E-state index in [0.29, 0.717) is 6.26 Å². The van der Waals surface area contributed by atoms with Gasteiger partial charge >= 0.3 is 6.18 Å². The summed E-state index contributed by atoms with van der Waals surface area (Å²) in [6.45, 7) is 3.26. The van der Waals surface area contributed by atoms with Gasteiger partial charge in [-0.2, -0.15) is 13.2 Å². The Balaban J connectivity index is 2.89. The molecule has 0 radical (unpaired) electrons. The second-order valence-electron chi connectivity index (χ2n) is 5.77.